The third-order valence-electron chi connectivity index (χ3n) is 2.27. The van der Waals surface area contributed by atoms with E-state index < -0.39 is 0 Å². The lowest BCUT2D eigenvalue weighted by Crippen LogP contribution is -2.35. The molecule has 1 rings (SSSR count). The number of aromatic nitrogens is 2. The summed E-state index contributed by atoms with van der Waals surface area (Å²) in [5.41, 5.74) is 5.58. The lowest BCUT2D eigenvalue weighted by molar-refractivity contribution is 0.686. The second-order valence-corrected chi connectivity index (χ2v) is 3.21. The van der Waals surface area contributed by atoms with Gasteiger partial charge < -0.3 is 16.0 Å². The molecule has 0 saturated heterocycles. The van der Waals surface area contributed by atoms with Gasteiger partial charge in [0.1, 0.15) is 18.0 Å². The number of nitrogens with one attached hydrogen (secondary N) is 1. The van der Waals surface area contributed by atoms with E-state index in [1.807, 2.05) is 25.1 Å². The van der Waals surface area contributed by atoms with E-state index in [0.29, 0.717) is 6.54 Å². The van der Waals surface area contributed by atoms with Gasteiger partial charge in [-0.15, -0.1) is 0 Å². The Morgan fingerprint density at radius 3 is 2.86 bits per heavy atom. The number of nitrogens with zero attached hydrogens (tertiary/aromatic N) is 3. The van der Waals surface area contributed by atoms with E-state index in [1.165, 1.54) is 0 Å². The van der Waals surface area contributed by atoms with Gasteiger partial charge in [-0.3, -0.25) is 0 Å². The number of likely N-dealkylation sites (N-methyl/N-ethyl adjacent to an activating group) is 1. The van der Waals surface area contributed by atoms with Gasteiger partial charge >= 0.3 is 0 Å². The van der Waals surface area contributed by atoms with E-state index in [2.05, 4.69) is 22.2 Å². The standard InChI is InChI=1S/C9H17N5/c1-7(5-10)14(3)9-4-8(11-2)12-6-13-9/h4,6-7H,5,10H2,1-3H3,(H,11,12,13). The summed E-state index contributed by atoms with van der Waals surface area (Å²) >= 11 is 0. The molecule has 0 aliphatic carbocycles. The van der Waals surface area contributed by atoms with Crippen molar-refractivity contribution < 1.29 is 0 Å². The van der Waals surface area contributed by atoms with Crippen molar-refractivity contribution in [3.05, 3.63) is 12.4 Å². The van der Waals surface area contributed by atoms with Gasteiger partial charge in [0, 0.05) is 32.7 Å². The van der Waals surface area contributed by atoms with E-state index >= 15 is 0 Å². The molecule has 0 amide bonds. The van der Waals surface area contributed by atoms with Crippen LogP contribution < -0.4 is 16.0 Å². The minimum atomic E-state index is 0.273. The molecule has 1 unspecified atom stereocenters. The number of hydrogen-bond acceptors (Lipinski definition) is 5. The number of rotatable bonds is 4. The zero-order valence-corrected chi connectivity index (χ0v) is 8.86. The van der Waals surface area contributed by atoms with Crippen LogP contribution in [0.25, 0.3) is 0 Å². The molecule has 3 N–H and O–H groups in total. The van der Waals surface area contributed by atoms with Gasteiger partial charge in [-0.1, -0.05) is 0 Å². The first-order chi connectivity index (χ1) is 6.69. The third-order valence-corrected chi connectivity index (χ3v) is 2.27. The smallest absolute Gasteiger partial charge is 0.134 e. The number of hydrogen-bond donors (Lipinski definition) is 2. The van der Waals surface area contributed by atoms with E-state index in [4.69, 9.17) is 5.73 Å². The Bertz CT molecular complexity index is 288. The molecule has 5 nitrogen and oxygen atoms in total. The Labute approximate surface area is 84.3 Å². The van der Waals surface area contributed by atoms with Gasteiger partial charge in [0.25, 0.3) is 0 Å². The monoisotopic (exact) mass is 195 g/mol. The van der Waals surface area contributed by atoms with Crippen molar-refractivity contribution in [2.24, 2.45) is 5.73 Å². The highest BCUT2D eigenvalue weighted by Gasteiger charge is 2.09. The Kier molecular flexibility index (Phi) is 3.64. The van der Waals surface area contributed by atoms with E-state index in [-0.39, 0.29) is 6.04 Å². The van der Waals surface area contributed by atoms with Gasteiger partial charge in [-0.25, -0.2) is 9.97 Å². The van der Waals surface area contributed by atoms with Crippen LogP contribution in [-0.2, 0) is 0 Å². The summed E-state index contributed by atoms with van der Waals surface area (Å²) in [6.07, 6.45) is 1.54. The number of anilines is 2. The second-order valence-electron chi connectivity index (χ2n) is 3.21. The molecule has 1 atom stereocenters. The molecule has 1 aromatic rings. The highest BCUT2D eigenvalue weighted by atomic mass is 15.2. The third kappa shape index (κ3) is 2.32. The van der Waals surface area contributed by atoms with Crippen LogP contribution in [0.15, 0.2) is 12.4 Å². The Morgan fingerprint density at radius 1 is 1.57 bits per heavy atom. The molecule has 78 valence electrons. The highest BCUT2D eigenvalue weighted by Crippen LogP contribution is 2.13. The van der Waals surface area contributed by atoms with Crippen LogP contribution in [0.2, 0.25) is 0 Å². The van der Waals surface area contributed by atoms with E-state index in [9.17, 15) is 0 Å². The minimum absolute atomic E-state index is 0.273. The van der Waals surface area contributed by atoms with Crippen molar-refractivity contribution in [2.45, 2.75) is 13.0 Å². The van der Waals surface area contributed by atoms with Crippen LogP contribution >= 0.6 is 0 Å². The molecule has 0 fully saturated rings. The van der Waals surface area contributed by atoms with Gasteiger partial charge in [-0.2, -0.15) is 0 Å². The Hall–Kier alpha value is -1.36. The first kappa shape index (κ1) is 10.7. The fraction of sp³-hybridized carbons (Fsp3) is 0.556. The molecule has 0 radical (unpaired) electrons. The zero-order chi connectivity index (χ0) is 10.6. The van der Waals surface area contributed by atoms with Crippen molar-refractivity contribution in [1.29, 1.82) is 0 Å². The maximum atomic E-state index is 5.58. The zero-order valence-electron chi connectivity index (χ0n) is 8.86. The summed E-state index contributed by atoms with van der Waals surface area (Å²) < 4.78 is 0. The topological polar surface area (TPSA) is 67.1 Å². The van der Waals surface area contributed by atoms with Crippen molar-refractivity contribution >= 4 is 11.6 Å². The summed E-state index contributed by atoms with van der Waals surface area (Å²) in [4.78, 5) is 10.3. The molecule has 14 heavy (non-hydrogen) atoms. The summed E-state index contributed by atoms with van der Waals surface area (Å²) in [7, 11) is 3.80. The highest BCUT2D eigenvalue weighted by molar-refractivity contribution is 5.48. The molecule has 0 aliphatic heterocycles. The summed E-state index contributed by atoms with van der Waals surface area (Å²) in [6, 6.07) is 2.17. The quantitative estimate of drug-likeness (QED) is 0.723. The Morgan fingerprint density at radius 2 is 2.29 bits per heavy atom. The molecule has 0 aromatic carbocycles. The number of nitrogens with two attached hydrogens (primary N) is 1. The van der Waals surface area contributed by atoms with Crippen molar-refractivity contribution in [3.8, 4) is 0 Å². The first-order valence-electron chi connectivity index (χ1n) is 4.61. The van der Waals surface area contributed by atoms with Gasteiger partial charge in [-0.05, 0) is 6.92 Å². The van der Waals surface area contributed by atoms with Crippen molar-refractivity contribution in [2.75, 3.05) is 30.9 Å². The molecule has 0 bridgehead atoms. The van der Waals surface area contributed by atoms with Gasteiger partial charge in [0.15, 0.2) is 0 Å². The molecule has 1 heterocycles. The van der Waals surface area contributed by atoms with Crippen LogP contribution in [0.5, 0.6) is 0 Å². The average molecular weight is 195 g/mol. The van der Waals surface area contributed by atoms with Crippen LogP contribution in [0.1, 0.15) is 6.92 Å². The first-order valence-corrected chi connectivity index (χ1v) is 4.61. The van der Waals surface area contributed by atoms with Gasteiger partial charge in [0.2, 0.25) is 0 Å². The molecule has 5 heteroatoms. The fourth-order valence-corrected chi connectivity index (χ4v) is 1.06. The lowest BCUT2D eigenvalue weighted by Gasteiger charge is -2.24. The van der Waals surface area contributed by atoms with Crippen LogP contribution in [0.4, 0.5) is 11.6 Å². The largest absolute Gasteiger partial charge is 0.373 e. The molecule has 0 spiro atoms. The molecule has 0 saturated carbocycles. The maximum absolute atomic E-state index is 5.58. The van der Waals surface area contributed by atoms with E-state index in [0.717, 1.165) is 11.6 Å². The normalized spacial score (nSPS) is 12.3. The van der Waals surface area contributed by atoms with Crippen LogP contribution in [-0.4, -0.2) is 36.6 Å². The molecule has 1 aromatic heterocycles. The predicted octanol–water partition coefficient (Wildman–Crippen LogP) is 0.302. The van der Waals surface area contributed by atoms with Crippen molar-refractivity contribution in [1.82, 2.24) is 9.97 Å². The van der Waals surface area contributed by atoms with E-state index in [1.54, 1.807) is 6.33 Å². The summed E-state index contributed by atoms with van der Waals surface area (Å²) in [6.45, 7) is 2.66. The Balaban J connectivity index is 2.83. The maximum Gasteiger partial charge on any atom is 0.134 e. The fourth-order valence-electron chi connectivity index (χ4n) is 1.06. The SMILES string of the molecule is CNc1cc(N(C)C(C)CN)ncn1. The predicted molar refractivity (Wildman–Crippen MR) is 58.5 cm³/mol. The second kappa shape index (κ2) is 4.76. The van der Waals surface area contributed by atoms with Crippen LogP contribution in [0.3, 0.4) is 0 Å². The summed E-state index contributed by atoms with van der Waals surface area (Å²) in [5.74, 6) is 1.69. The van der Waals surface area contributed by atoms with Crippen molar-refractivity contribution in [3.63, 3.8) is 0 Å². The van der Waals surface area contributed by atoms with Gasteiger partial charge in [0.05, 0.1) is 0 Å². The molecular formula is C9H17N5. The average Bonchev–Trinajstić information content (AvgIpc) is 2.27. The lowest BCUT2D eigenvalue weighted by atomic mass is 10.3. The molecular weight excluding hydrogens is 178 g/mol. The van der Waals surface area contributed by atoms with Crippen LogP contribution in [0, 0.1) is 0 Å². The summed E-state index contributed by atoms with van der Waals surface area (Å²) in [5, 5.41) is 2.97. The minimum Gasteiger partial charge on any atom is -0.373 e. The molecule has 0 aliphatic rings.